The number of nitriles is 1. The van der Waals surface area contributed by atoms with Gasteiger partial charge in [-0.2, -0.15) is 5.26 Å². The van der Waals surface area contributed by atoms with Gasteiger partial charge in [0.15, 0.2) is 11.3 Å². The van der Waals surface area contributed by atoms with Crippen molar-refractivity contribution in [1.82, 2.24) is 5.32 Å². The Bertz CT molecular complexity index is 342. The molecule has 0 saturated carbocycles. The van der Waals surface area contributed by atoms with Gasteiger partial charge in [-0.05, 0) is 31.3 Å². The minimum Gasteiger partial charge on any atom is -0.332 e. The first-order valence-corrected chi connectivity index (χ1v) is 4.16. The van der Waals surface area contributed by atoms with Gasteiger partial charge < -0.3 is 5.32 Å². The van der Waals surface area contributed by atoms with E-state index in [4.69, 9.17) is 17.5 Å². The molecule has 1 radical (unpaired) electrons. The number of thiocarbonyl (C=S) groups is 1. The molecule has 0 amide bonds. The zero-order chi connectivity index (χ0) is 9.68. The molecule has 14 heavy (non-hydrogen) atoms. The van der Waals surface area contributed by atoms with E-state index in [1.807, 2.05) is 31.2 Å². The summed E-state index contributed by atoms with van der Waals surface area (Å²) in [6.45, 7) is 2.01. The van der Waals surface area contributed by atoms with E-state index < -0.39 is 0 Å². The van der Waals surface area contributed by atoms with Crippen LogP contribution in [0.25, 0.3) is 0 Å². The van der Waals surface area contributed by atoms with E-state index in [9.17, 15) is 0 Å². The number of nitrogens with one attached hydrogen (secondary N) is 2. The molecule has 0 saturated heterocycles. The van der Waals surface area contributed by atoms with Crippen molar-refractivity contribution >= 4 is 52.6 Å². The van der Waals surface area contributed by atoms with Gasteiger partial charge in [0, 0.05) is 35.2 Å². The third kappa shape index (κ3) is 4.58. The Kier molecular flexibility index (Phi) is 6.50. The first-order valence-electron chi connectivity index (χ1n) is 3.75. The molecule has 0 bridgehead atoms. The van der Waals surface area contributed by atoms with Crippen molar-refractivity contribution in [3.8, 4) is 6.19 Å². The maximum absolute atomic E-state index is 8.27. The van der Waals surface area contributed by atoms with Crippen molar-refractivity contribution in [1.29, 1.82) is 5.26 Å². The number of benzene rings is 1. The van der Waals surface area contributed by atoms with Crippen molar-refractivity contribution < 1.29 is 0 Å². The van der Waals surface area contributed by atoms with Crippen LogP contribution in [0.5, 0.6) is 0 Å². The Balaban J connectivity index is 0.00000169. The van der Waals surface area contributed by atoms with Crippen molar-refractivity contribution in [3.05, 3.63) is 29.8 Å². The number of aryl methyl sites for hydroxylation is 1. The van der Waals surface area contributed by atoms with Gasteiger partial charge in [0.1, 0.15) is 0 Å². The maximum Gasteiger partial charge on any atom is 0.184 e. The molecular formula is C9H9N3NaS. The van der Waals surface area contributed by atoms with Crippen LogP contribution >= 0.6 is 12.2 Å². The SMILES string of the molecule is Cc1ccc(NC(=S)NC#N)cc1.[Na]. The zero-order valence-electron chi connectivity index (χ0n) is 8.16. The first kappa shape index (κ1) is 13.4. The normalized spacial score (nSPS) is 8.00. The molecule has 1 rings (SSSR count). The summed E-state index contributed by atoms with van der Waals surface area (Å²) >= 11 is 4.82. The molecule has 0 aliphatic heterocycles. The molecule has 5 heteroatoms. The van der Waals surface area contributed by atoms with Gasteiger partial charge in [-0.15, -0.1) is 0 Å². The van der Waals surface area contributed by atoms with Gasteiger partial charge in [0.2, 0.25) is 0 Å². The van der Waals surface area contributed by atoms with E-state index in [0.717, 1.165) is 5.69 Å². The second-order valence-corrected chi connectivity index (χ2v) is 2.97. The predicted molar refractivity (Wildman–Crippen MR) is 61.9 cm³/mol. The van der Waals surface area contributed by atoms with Crippen molar-refractivity contribution in [3.63, 3.8) is 0 Å². The van der Waals surface area contributed by atoms with Crippen molar-refractivity contribution in [2.45, 2.75) is 6.92 Å². The number of nitrogens with zero attached hydrogens (tertiary/aromatic N) is 1. The summed E-state index contributed by atoms with van der Waals surface area (Å²) in [5, 5.41) is 13.8. The van der Waals surface area contributed by atoms with E-state index in [-0.39, 0.29) is 29.6 Å². The van der Waals surface area contributed by atoms with E-state index >= 15 is 0 Å². The molecule has 0 atom stereocenters. The van der Waals surface area contributed by atoms with E-state index in [2.05, 4.69) is 10.6 Å². The largest absolute Gasteiger partial charge is 0.332 e. The number of hydrogen-bond donors (Lipinski definition) is 2. The molecule has 67 valence electrons. The molecule has 0 aliphatic carbocycles. The van der Waals surface area contributed by atoms with Crippen LogP contribution in [0.15, 0.2) is 24.3 Å². The molecule has 0 fully saturated rings. The molecule has 2 N–H and O–H groups in total. The summed E-state index contributed by atoms with van der Waals surface area (Å²) in [7, 11) is 0. The van der Waals surface area contributed by atoms with E-state index in [1.54, 1.807) is 6.19 Å². The second-order valence-electron chi connectivity index (χ2n) is 2.56. The van der Waals surface area contributed by atoms with Crippen LogP contribution in [0, 0.1) is 18.4 Å². The number of anilines is 1. The Hall–Kier alpha value is -0.600. The van der Waals surface area contributed by atoms with Gasteiger partial charge in [0.05, 0.1) is 0 Å². The maximum atomic E-state index is 8.27. The van der Waals surface area contributed by atoms with Gasteiger partial charge >= 0.3 is 0 Å². The predicted octanol–water partition coefficient (Wildman–Crippen LogP) is 1.38. The van der Waals surface area contributed by atoms with Crippen LogP contribution in [0.4, 0.5) is 5.69 Å². The fourth-order valence-corrected chi connectivity index (χ4v) is 1.01. The third-order valence-electron chi connectivity index (χ3n) is 1.48. The van der Waals surface area contributed by atoms with Gasteiger partial charge in [-0.1, -0.05) is 17.7 Å². The summed E-state index contributed by atoms with van der Waals surface area (Å²) < 4.78 is 0. The monoisotopic (exact) mass is 214 g/mol. The summed E-state index contributed by atoms with van der Waals surface area (Å²) in [4.78, 5) is 0. The van der Waals surface area contributed by atoms with Crippen LogP contribution in [0.2, 0.25) is 0 Å². The van der Waals surface area contributed by atoms with Crippen LogP contribution in [0.1, 0.15) is 5.56 Å². The first-order chi connectivity index (χ1) is 6.22. The Morgan fingerprint density at radius 3 is 2.43 bits per heavy atom. The quantitative estimate of drug-likeness (QED) is 0.321. The summed E-state index contributed by atoms with van der Waals surface area (Å²) in [5.74, 6) is 0. The summed E-state index contributed by atoms with van der Waals surface area (Å²) in [5.41, 5.74) is 2.06. The molecule has 0 heterocycles. The molecule has 3 nitrogen and oxygen atoms in total. The summed E-state index contributed by atoms with van der Waals surface area (Å²) in [6.07, 6.45) is 1.75. The molecule has 0 unspecified atom stereocenters. The van der Waals surface area contributed by atoms with Crippen LogP contribution in [0.3, 0.4) is 0 Å². The number of rotatable bonds is 1. The third-order valence-corrected chi connectivity index (χ3v) is 1.68. The van der Waals surface area contributed by atoms with Crippen molar-refractivity contribution in [2.75, 3.05) is 5.32 Å². The number of hydrogen-bond acceptors (Lipinski definition) is 2. The summed E-state index contributed by atoms with van der Waals surface area (Å²) in [6, 6.07) is 7.75. The topological polar surface area (TPSA) is 47.8 Å². The second kappa shape index (κ2) is 6.80. The molecule has 0 aromatic heterocycles. The standard InChI is InChI=1S/C9H9N3S.Na/c1-7-2-4-8(5-3-7)12-9(13)11-6-10;/h2-5H,1H3,(H2,11,12,13);. The average Bonchev–Trinajstić information content (AvgIpc) is 2.09. The van der Waals surface area contributed by atoms with Crippen molar-refractivity contribution in [2.24, 2.45) is 0 Å². The minimum atomic E-state index is 0. The molecular weight excluding hydrogens is 205 g/mol. The molecule has 0 aliphatic rings. The smallest absolute Gasteiger partial charge is 0.184 e. The minimum absolute atomic E-state index is 0. The van der Waals surface area contributed by atoms with E-state index in [1.165, 1.54) is 5.56 Å². The van der Waals surface area contributed by atoms with Crippen LogP contribution in [-0.4, -0.2) is 34.7 Å². The molecule has 1 aromatic carbocycles. The average molecular weight is 214 g/mol. The Morgan fingerprint density at radius 2 is 1.93 bits per heavy atom. The van der Waals surface area contributed by atoms with E-state index in [0.29, 0.717) is 5.11 Å². The Morgan fingerprint density at radius 1 is 1.36 bits per heavy atom. The fraction of sp³-hybridized carbons (Fsp3) is 0.111. The molecule has 1 aromatic rings. The molecule has 0 spiro atoms. The van der Waals surface area contributed by atoms with Gasteiger partial charge in [-0.25, -0.2) is 0 Å². The fourth-order valence-electron chi connectivity index (χ4n) is 0.850. The van der Waals surface area contributed by atoms with Gasteiger partial charge in [-0.3, -0.25) is 5.32 Å². The van der Waals surface area contributed by atoms with Crippen LogP contribution < -0.4 is 10.6 Å². The Labute approximate surface area is 111 Å². The zero-order valence-corrected chi connectivity index (χ0v) is 11.0. The van der Waals surface area contributed by atoms with Gasteiger partial charge in [0.25, 0.3) is 0 Å². The van der Waals surface area contributed by atoms with Crippen LogP contribution in [-0.2, 0) is 0 Å².